The maximum absolute atomic E-state index is 13.3. The van der Waals surface area contributed by atoms with Crippen LogP contribution < -0.4 is 4.74 Å². The number of ether oxygens (including phenoxy) is 1. The van der Waals surface area contributed by atoms with Gasteiger partial charge in [0.25, 0.3) is 0 Å². The van der Waals surface area contributed by atoms with E-state index in [1.165, 1.54) is 42.5 Å². The van der Waals surface area contributed by atoms with Crippen molar-refractivity contribution >= 4 is 15.8 Å². The highest BCUT2D eigenvalue weighted by molar-refractivity contribution is 7.91. The summed E-state index contributed by atoms with van der Waals surface area (Å²) in [5.74, 6) is -1.13. The number of hydrogen-bond donors (Lipinski definition) is 1. The first-order valence-corrected chi connectivity index (χ1v) is 10.9. The van der Waals surface area contributed by atoms with Crippen LogP contribution in [0.1, 0.15) is 18.9 Å². The molecule has 3 aromatic carbocycles. The highest BCUT2D eigenvalue weighted by Crippen LogP contribution is 2.29. The Morgan fingerprint density at radius 1 is 0.967 bits per heavy atom. The van der Waals surface area contributed by atoms with Crippen LogP contribution >= 0.6 is 0 Å². The fraction of sp³-hybridized carbons (Fsp3) is 0.174. The summed E-state index contributed by atoms with van der Waals surface area (Å²) in [4.78, 5) is 11.1. The molecule has 30 heavy (non-hydrogen) atoms. The molecule has 0 saturated heterocycles. The van der Waals surface area contributed by atoms with E-state index in [0.29, 0.717) is 29.0 Å². The Morgan fingerprint density at radius 2 is 1.70 bits per heavy atom. The van der Waals surface area contributed by atoms with Gasteiger partial charge in [-0.25, -0.2) is 12.8 Å². The summed E-state index contributed by atoms with van der Waals surface area (Å²) in [5, 5.41) is 9.11. The van der Waals surface area contributed by atoms with Gasteiger partial charge in [0, 0.05) is 0 Å². The van der Waals surface area contributed by atoms with E-state index in [2.05, 4.69) is 0 Å². The quantitative estimate of drug-likeness (QED) is 0.560. The van der Waals surface area contributed by atoms with Gasteiger partial charge in [0.15, 0.2) is 0 Å². The van der Waals surface area contributed by atoms with Crippen LogP contribution in [-0.4, -0.2) is 26.1 Å². The molecule has 5 nitrogen and oxygen atoms in total. The molecule has 7 heteroatoms. The molecule has 3 rings (SSSR count). The second kappa shape index (κ2) is 9.09. The van der Waals surface area contributed by atoms with Crippen molar-refractivity contribution in [3.8, 4) is 16.9 Å². The van der Waals surface area contributed by atoms with Crippen molar-refractivity contribution in [2.75, 3.05) is 6.61 Å². The van der Waals surface area contributed by atoms with Gasteiger partial charge in [0.2, 0.25) is 9.84 Å². The molecule has 0 heterocycles. The highest BCUT2D eigenvalue weighted by atomic mass is 32.2. The Kier molecular flexibility index (Phi) is 6.52. The molecule has 156 valence electrons. The summed E-state index contributed by atoms with van der Waals surface area (Å²) in [6.45, 7) is 2.30. The lowest BCUT2D eigenvalue weighted by atomic mass is 10.1. The van der Waals surface area contributed by atoms with E-state index < -0.39 is 15.8 Å². The third kappa shape index (κ3) is 5.04. The Balaban J connectivity index is 2.05. The summed E-state index contributed by atoms with van der Waals surface area (Å²) in [5.41, 5.74) is 1.64. The number of carbonyl (C=O) groups is 1. The number of benzene rings is 3. The van der Waals surface area contributed by atoms with E-state index in [-0.39, 0.29) is 22.0 Å². The first kappa shape index (κ1) is 21.5. The van der Waals surface area contributed by atoms with Crippen LogP contribution in [0.15, 0.2) is 76.5 Å². The average molecular weight is 428 g/mol. The van der Waals surface area contributed by atoms with E-state index in [4.69, 9.17) is 9.84 Å². The molecule has 0 aromatic heterocycles. The van der Waals surface area contributed by atoms with Crippen LogP contribution in [0.25, 0.3) is 11.1 Å². The summed E-state index contributed by atoms with van der Waals surface area (Å²) < 4.78 is 45.3. The molecule has 0 saturated carbocycles. The van der Waals surface area contributed by atoms with Crippen molar-refractivity contribution in [1.82, 2.24) is 0 Å². The molecule has 0 radical (unpaired) electrons. The Hall–Kier alpha value is -3.19. The van der Waals surface area contributed by atoms with Crippen molar-refractivity contribution in [2.45, 2.75) is 29.6 Å². The van der Waals surface area contributed by atoms with E-state index >= 15 is 0 Å². The normalized spacial score (nSPS) is 11.3. The Bertz CT molecular complexity index is 1150. The Morgan fingerprint density at radius 3 is 2.37 bits per heavy atom. The third-order valence-electron chi connectivity index (χ3n) is 4.40. The molecule has 3 aromatic rings. The number of carboxylic acid groups (broad SMARTS) is 1. The van der Waals surface area contributed by atoms with Gasteiger partial charge in [-0.2, -0.15) is 0 Å². The minimum atomic E-state index is -3.93. The monoisotopic (exact) mass is 428 g/mol. The molecule has 0 aliphatic rings. The largest absolute Gasteiger partial charge is 0.494 e. The number of halogens is 1. The number of rotatable bonds is 8. The van der Waals surface area contributed by atoms with Crippen LogP contribution in [0.4, 0.5) is 4.39 Å². The average Bonchev–Trinajstić information content (AvgIpc) is 2.72. The molecular formula is C23H21FO5S. The van der Waals surface area contributed by atoms with Gasteiger partial charge in [-0.3, -0.25) is 4.79 Å². The van der Waals surface area contributed by atoms with Crippen molar-refractivity contribution < 1.29 is 27.4 Å². The maximum atomic E-state index is 13.3. The van der Waals surface area contributed by atoms with Gasteiger partial charge in [0.1, 0.15) is 11.6 Å². The molecule has 0 unspecified atom stereocenters. The summed E-state index contributed by atoms with van der Waals surface area (Å²) >= 11 is 0. The number of carboxylic acids is 1. The smallest absolute Gasteiger partial charge is 0.307 e. The summed E-state index contributed by atoms with van der Waals surface area (Å²) in [7, 11) is -3.93. The zero-order valence-corrected chi connectivity index (χ0v) is 17.2. The number of aliphatic carboxylic acids is 1. The predicted molar refractivity (Wildman–Crippen MR) is 111 cm³/mol. The molecule has 0 amide bonds. The van der Waals surface area contributed by atoms with Gasteiger partial charge in [-0.15, -0.1) is 0 Å². The van der Waals surface area contributed by atoms with Crippen molar-refractivity contribution in [1.29, 1.82) is 0 Å². The molecular weight excluding hydrogens is 407 g/mol. The van der Waals surface area contributed by atoms with Gasteiger partial charge in [-0.1, -0.05) is 31.2 Å². The van der Waals surface area contributed by atoms with E-state index in [1.54, 1.807) is 24.3 Å². The highest BCUT2D eigenvalue weighted by Gasteiger charge is 2.21. The van der Waals surface area contributed by atoms with Crippen molar-refractivity contribution in [2.24, 2.45) is 0 Å². The molecule has 1 N–H and O–H groups in total. The lowest BCUT2D eigenvalue weighted by Gasteiger charge is -2.12. The first-order chi connectivity index (χ1) is 14.3. The molecule has 0 aliphatic carbocycles. The minimum absolute atomic E-state index is 0.0383. The lowest BCUT2D eigenvalue weighted by Crippen LogP contribution is -2.07. The third-order valence-corrected chi connectivity index (χ3v) is 6.13. The van der Waals surface area contributed by atoms with Crippen LogP contribution in [-0.2, 0) is 21.1 Å². The lowest BCUT2D eigenvalue weighted by molar-refractivity contribution is -0.136. The molecule has 0 bridgehead atoms. The summed E-state index contributed by atoms with van der Waals surface area (Å²) in [6.07, 6.45) is 0.409. The molecule has 0 spiro atoms. The van der Waals surface area contributed by atoms with Crippen LogP contribution in [0.3, 0.4) is 0 Å². The SMILES string of the molecule is CCCOc1cc(CC(=O)O)cc(S(=O)(=O)c2cccc(-c3ccc(F)cc3)c2)c1. The van der Waals surface area contributed by atoms with E-state index in [0.717, 1.165) is 6.42 Å². The first-order valence-electron chi connectivity index (χ1n) is 9.39. The van der Waals surface area contributed by atoms with Crippen molar-refractivity contribution in [3.63, 3.8) is 0 Å². The van der Waals surface area contributed by atoms with Gasteiger partial charge >= 0.3 is 5.97 Å². The second-order valence-corrected chi connectivity index (χ2v) is 8.72. The zero-order valence-electron chi connectivity index (χ0n) is 16.3. The van der Waals surface area contributed by atoms with Crippen molar-refractivity contribution in [3.05, 3.63) is 78.1 Å². The van der Waals surface area contributed by atoms with Crippen LogP contribution in [0.5, 0.6) is 5.75 Å². The number of hydrogen-bond acceptors (Lipinski definition) is 4. The minimum Gasteiger partial charge on any atom is -0.494 e. The van der Waals surface area contributed by atoms with Crippen LogP contribution in [0.2, 0.25) is 0 Å². The maximum Gasteiger partial charge on any atom is 0.307 e. The van der Waals surface area contributed by atoms with E-state index in [9.17, 15) is 17.6 Å². The molecule has 0 fully saturated rings. The van der Waals surface area contributed by atoms with Gasteiger partial charge in [0.05, 0.1) is 22.8 Å². The predicted octanol–water partition coefficient (Wildman–Crippen LogP) is 4.74. The summed E-state index contributed by atoms with van der Waals surface area (Å²) in [6, 6.07) is 16.4. The molecule has 0 atom stereocenters. The van der Waals surface area contributed by atoms with E-state index in [1.807, 2.05) is 6.92 Å². The van der Waals surface area contributed by atoms with Gasteiger partial charge in [-0.05, 0) is 65.6 Å². The standard InChI is InChI=1S/C23H21FO5S/c1-2-10-29-20-11-16(13-23(25)26)12-22(15-20)30(27,28)21-5-3-4-18(14-21)17-6-8-19(24)9-7-17/h3-9,11-12,14-15H,2,10,13H2,1H3,(H,25,26). The van der Waals surface area contributed by atoms with Gasteiger partial charge < -0.3 is 9.84 Å². The zero-order chi connectivity index (χ0) is 21.7. The Labute approximate surface area is 174 Å². The number of sulfone groups is 1. The van der Waals surface area contributed by atoms with Crippen LogP contribution in [0, 0.1) is 5.82 Å². The fourth-order valence-corrected chi connectivity index (χ4v) is 4.38. The topological polar surface area (TPSA) is 80.7 Å². The molecule has 0 aliphatic heterocycles. The second-order valence-electron chi connectivity index (χ2n) is 6.77. The fourth-order valence-electron chi connectivity index (χ4n) is 2.99.